The Balaban J connectivity index is 2.10. The molecule has 0 bridgehead atoms. The van der Waals surface area contributed by atoms with Gasteiger partial charge in [-0.05, 0) is 36.7 Å². The predicted molar refractivity (Wildman–Crippen MR) is 72.2 cm³/mol. The number of methoxy groups -OCH3 is 1. The minimum absolute atomic E-state index is 0.536. The maximum atomic E-state index is 5.79. The van der Waals surface area contributed by atoms with E-state index in [4.69, 9.17) is 15.2 Å². The molecule has 5 heteroatoms. The Kier molecular flexibility index (Phi) is 4.55. The third-order valence-corrected chi connectivity index (χ3v) is 3.29. The summed E-state index contributed by atoms with van der Waals surface area (Å²) in [5.41, 5.74) is 8.48. The zero-order valence-corrected chi connectivity index (χ0v) is 11.1. The molecule has 2 aromatic rings. The van der Waals surface area contributed by atoms with E-state index < -0.39 is 0 Å². The van der Waals surface area contributed by atoms with Gasteiger partial charge in [0.25, 0.3) is 0 Å². The molecule has 0 radical (unpaired) electrons. The van der Waals surface area contributed by atoms with Gasteiger partial charge in [-0.25, -0.2) is 0 Å². The van der Waals surface area contributed by atoms with Gasteiger partial charge in [0.2, 0.25) is 0 Å². The van der Waals surface area contributed by atoms with Crippen molar-refractivity contribution in [3.63, 3.8) is 0 Å². The van der Waals surface area contributed by atoms with Crippen molar-refractivity contribution in [2.45, 2.75) is 13.0 Å². The standard InChI is InChI=1S/C13H16N2O2S/c1-16-11-2-3-13(10(6-11)4-5-14)17-8-12-7-15-9-18-12/h2-3,6-7,9H,4-5,8,14H2,1H3. The lowest BCUT2D eigenvalue weighted by Gasteiger charge is -2.11. The number of aromatic nitrogens is 1. The van der Waals surface area contributed by atoms with Gasteiger partial charge < -0.3 is 15.2 Å². The van der Waals surface area contributed by atoms with Crippen LogP contribution in [0.4, 0.5) is 0 Å². The van der Waals surface area contributed by atoms with Crippen molar-refractivity contribution in [3.8, 4) is 11.5 Å². The molecule has 1 heterocycles. The SMILES string of the molecule is COc1ccc(OCc2cncs2)c(CCN)c1. The van der Waals surface area contributed by atoms with Gasteiger partial charge in [0.05, 0.1) is 17.5 Å². The molecule has 0 amide bonds. The van der Waals surface area contributed by atoms with Crippen LogP contribution in [0.3, 0.4) is 0 Å². The van der Waals surface area contributed by atoms with Crippen LogP contribution >= 0.6 is 11.3 Å². The van der Waals surface area contributed by atoms with E-state index in [1.165, 1.54) is 0 Å². The molecule has 18 heavy (non-hydrogen) atoms. The molecule has 0 saturated carbocycles. The maximum absolute atomic E-state index is 5.79. The lowest BCUT2D eigenvalue weighted by atomic mass is 10.1. The predicted octanol–water partition coefficient (Wildman–Crippen LogP) is 2.23. The zero-order valence-electron chi connectivity index (χ0n) is 10.3. The molecular weight excluding hydrogens is 248 g/mol. The quantitative estimate of drug-likeness (QED) is 0.869. The summed E-state index contributed by atoms with van der Waals surface area (Å²) in [5.74, 6) is 1.68. The molecule has 0 fully saturated rings. The Morgan fingerprint density at radius 1 is 1.39 bits per heavy atom. The summed E-state index contributed by atoms with van der Waals surface area (Å²) in [4.78, 5) is 5.12. The first-order valence-electron chi connectivity index (χ1n) is 5.70. The fourth-order valence-corrected chi connectivity index (χ4v) is 2.14. The Morgan fingerprint density at radius 3 is 2.94 bits per heavy atom. The van der Waals surface area contributed by atoms with E-state index in [1.807, 2.05) is 24.4 Å². The maximum Gasteiger partial charge on any atom is 0.124 e. The van der Waals surface area contributed by atoms with Crippen LogP contribution in [0.25, 0.3) is 0 Å². The number of hydrogen-bond donors (Lipinski definition) is 1. The number of benzene rings is 1. The third kappa shape index (κ3) is 3.21. The summed E-state index contributed by atoms with van der Waals surface area (Å²) < 4.78 is 11.0. The fourth-order valence-electron chi connectivity index (χ4n) is 1.64. The molecule has 1 aromatic heterocycles. The van der Waals surface area contributed by atoms with Crippen molar-refractivity contribution < 1.29 is 9.47 Å². The topological polar surface area (TPSA) is 57.4 Å². The van der Waals surface area contributed by atoms with Crippen molar-refractivity contribution >= 4 is 11.3 Å². The summed E-state index contributed by atoms with van der Waals surface area (Å²) >= 11 is 1.58. The van der Waals surface area contributed by atoms with Crippen LogP contribution in [0.2, 0.25) is 0 Å². The van der Waals surface area contributed by atoms with Crippen LogP contribution in [0, 0.1) is 0 Å². The second kappa shape index (κ2) is 6.37. The highest BCUT2D eigenvalue weighted by molar-refractivity contribution is 7.09. The van der Waals surface area contributed by atoms with Crippen molar-refractivity contribution in [2.24, 2.45) is 5.73 Å². The van der Waals surface area contributed by atoms with Crippen LogP contribution in [0.1, 0.15) is 10.4 Å². The van der Waals surface area contributed by atoms with Crippen LogP contribution in [-0.2, 0) is 13.0 Å². The van der Waals surface area contributed by atoms with E-state index in [0.29, 0.717) is 13.2 Å². The molecule has 0 atom stereocenters. The second-order valence-electron chi connectivity index (χ2n) is 3.77. The Labute approximate surface area is 110 Å². The molecule has 4 nitrogen and oxygen atoms in total. The first-order valence-corrected chi connectivity index (χ1v) is 6.58. The molecule has 96 valence electrons. The molecule has 1 aromatic carbocycles. The largest absolute Gasteiger partial charge is 0.497 e. The molecule has 0 aliphatic rings. The van der Waals surface area contributed by atoms with Crippen LogP contribution in [0.5, 0.6) is 11.5 Å². The van der Waals surface area contributed by atoms with Gasteiger partial charge in [-0.15, -0.1) is 11.3 Å². The van der Waals surface area contributed by atoms with Gasteiger partial charge in [0, 0.05) is 6.20 Å². The van der Waals surface area contributed by atoms with E-state index in [-0.39, 0.29) is 0 Å². The minimum atomic E-state index is 0.536. The van der Waals surface area contributed by atoms with Gasteiger partial charge >= 0.3 is 0 Å². The molecule has 0 aliphatic carbocycles. The zero-order chi connectivity index (χ0) is 12.8. The monoisotopic (exact) mass is 264 g/mol. The molecule has 2 N–H and O–H groups in total. The molecule has 0 unspecified atom stereocenters. The van der Waals surface area contributed by atoms with E-state index >= 15 is 0 Å². The van der Waals surface area contributed by atoms with Crippen molar-refractivity contribution in [1.82, 2.24) is 4.98 Å². The number of nitrogens with two attached hydrogens (primary N) is 1. The van der Waals surface area contributed by atoms with Crippen LogP contribution in [0.15, 0.2) is 29.9 Å². The van der Waals surface area contributed by atoms with E-state index in [2.05, 4.69) is 4.98 Å². The summed E-state index contributed by atoms with van der Waals surface area (Å²) in [6.07, 6.45) is 2.59. The van der Waals surface area contributed by atoms with Gasteiger partial charge in [-0.3, -0.25) is 4.98 Å². The van der Waals surface area contributed by atoms with Crippen molar-refractivity contribution in [1.29, 1.82) is 0 Å². The fraction of sp³-hybridized carbons (Fsp3) is 0.308. The summed E-state index contributed by atoms with van der Waals surface area (Å²) in [6.45, 7) is 1.12. The number of thiazole rings is 1. The normalized spacial score (nSPS) is 10.3. The van der Waals surface area contributed by atoms with Crippen molar-refractivity contribution in [2.75, 3.05) is 13.7 Å². The lowest BCUT2D eigenvalue weighted by Crippen LogP contribution is -2.05. The summed E-state index contributed by atoms with van der Waals surface area (Å²) in [5, 5.41) is 0. The number of rotatable bonds is 6. The molecule has 0 aliphatic heterocycles. The van der Waals surface area contributed by atoms with Crippen LogP contribution < -0.4 is 15.2 Å². The van der Waals surface area contributed by atoms with Crippen molar-refractivity contribution in [3.05, 3.63) is 40.3 Å². The number of nitrogens with zero attached hydrogens (tertiary/aromatic N) is 1. The first-order chi connectivity index (χ1) is 8.83. The van der Waals surface area contributed by atoms with E-state index in [1.54, 1.807) is 24.0 Å². The highest BCUT2D eigenvalue weighted by Crippen LogP contribution is 2.25. The highest BCUT2D eigenvalue weighted by atomic mass is 32.1. The minimum Gasteiger partial charge on any atom is -0.497 e. The average molecular weight is 264 g/mol. The summed E-state index contributed by atoms with van der Waals surface area (Å²) in [6, 6.07) is 5.78. The van der Waals surface area contributed by atoms with E-state index in [9.17, 15) is 0 Å². The van der Waals surface area contributed by atoms with Crippen LogP contribution in [-0.4, -0.2) is 18.6 Å². The van der Waals surface area contributed by atoms with Gasteiger partial charge in [0.15, 0.2) is 0 Å². The molecule has 2 rings (SSSR count). The van der Waals surface area contributed by atoms with Gasteiger partial charge in [-0.2, -0.15) is 0 Å². The molecule has 0 spiro atoms. The van der Waals surface area contributed by atoms with Gasteiger partial charge in [0.1, 0.15) is 18.1 Å². The summed E-state index contributed by atoms with van der Waals surface area (Å²) in [7, 11) is 1.65. The second-order valence-corrected chi connectivity index (χ2v) is 4.74. The molecule has 0 saturated heterocycles. The highest BCUT2D eigenvalue weighted by Gasteiger charge is 2.06. The third-order valence-electron chi connectivity index (χ3n) is 2.53. The first kappa shape index (κ1) is 12.9. The smallest absolute Gasteiger partial charge is 0.124 e. The average Bonchev–Trinajstić information content (AvgIpc) is 2.90. The number of ether oxygens (including phenoxy) is 2. The number of hydrogen-bond acceptors (Lipinski definition) is 5. The Hall–Kier alpha value is -1.59. The van der Waals surface area contributed by atoms with E-state index in [0.717, 1.165) is 28.4 Å². The lowest BCUT2D eigenvalue weighted by molar-refractivity contribution is 0.305. The Morgan fingerprint density at radius 2 is 2.28 bits per heavy atom. The van der Waals surface area contributed by atoms with Gasteiger partial charge in [-0.1, -0.05) is 0 Å². The molecular formula is C13H16N2O2S. The Bertz CT molecular complexity index is 486.